The number of aryl methyl sites for hydroxylation is 1. The van der Waals surface area contributed by atoms with Crippen LogP contribution in [0.1, 0.15) is 11.1 Å². The maximum atomic E-state index is 7.65. The molecule has 0 aliphatic rings. The number of nitrogens with zero attached hydrogens (tertiary/aromatic N) is 2. The molecule has 2 N–H and O–H groups in total. The van der Waals surface area contributed by atoms with Gasteiger partial charge in [-0.05, 0) is 30.5 Å². The standard InChI is InChI=1S/C17H16N4OS/c1-11-3-5-13(6-4-11)22-17-14(9-18)16(19-2)20-15(21-17)12-7-8-23-10-12/h3-10,18H,1-2H3,(H,19,20,21). The summed E-state index contributed by atoms with van der Waals surface area (Å²) in [6, 6.07) is 9.67. The lowest BCUT2D eigenvalue weighted by Gasteiger charge is -2.12. The SMILES string of the molecule is CNc1nc(-c2ccsc2)nc(Oc2ccc(C)cc2)c1C=N. The second-order valence-electron chi connectivity index (χ2n) is 4.94. The summed E-state index contributed by atoms with van der Waals surface area (Å²) in [4.78, 5) is 8.97. The average molecular weight is 324 g/mol. The van der Waals surface area contributed by atoms with Gasteiger partial charge in [-0.1, -0.05) is 17.7 Å². The van der Waals surface area contributed by atoms with Crippen LogP contribution < -0.4 is 10.1 Å². The molecule has 3 aromatic rings. The van der Waals surface area contributed by atoms with Gasteiger partial charge in [-0.3, -0.25) is 0 Å². The van der Waals surface area contributed by atoms with E-state index in [9.17, 15) is 0 Å². The number of hydrogen-bond donors (Lipinski definition) is 2. The van der Waals surface area contributed by atoms with Gasteiger partial charge in [0, 0.05) is 24.2 Å². The molecule has 0 amide bonds. The Bertz CT molecular complexity index is 813. The first-order chi connectivity index (χ1) is 11.2. The first-order valence-electron chi connectivity index (χ1n) is 7.08. The van der Waals surface area contributed by atoms with Crippen molar-refractivity contribution >= 4 is 23.4 Å². The van der Waals surface area contributed by atoms with E-state index in [0.717, 1.165) is 11.1 Å². The van der Waals surface area contributed by atoms with Gasteiger partial charge in [0.05, 0.1) is 5.56 Å². The van der Waals surface area contributed by atoms with Crippen molar-refractivity contribution in [2.24, 2.45) is 0 Å². The molecule has 3 rings (SSSR count). The highest BCUT2D eigenvalue weighted by molar-refractivity contribution is 7.08. The maximum absolute atomic E-state index is 7.65. The Morgan fingerprint density at radius 2 is 1.96 bits per heavy atom. The van der Waals surface area contributed by atoms with Crippen molar-refractivity contribution in [3.8, 4) is 23.0 Å². The van der Waals surface area contributed by atoms with E-state index in [1.165, 1.54) is 6.21 Å². The van der Waals surface area contributed by atoms with Gasteiger partial charge < -0.3 is 15.5 Å². The molecule has 0 bridgehead atoms. The number of anilines is 1. The van der Waals surface area contributed by atoms with E-state index in [0.29, 0.717) is 28.8 Å². The summed E-state index contributed by atoms with van der Waals surface area (Å²) in [5.41, 5.74) is 2.60. The quantitative estimate of drug-likeness (QED) is 0.685. The highest BCUT2D eigenvalue weighted by Crippen LogP contribution is 2.30. The van der Waals surface area contributed by atoms with Crippen molar-refractivity contribution in [2.45, 2.75) is 6.92 Å². The number of nitrogens with one attached hydrogen (secondary N) is 2. The van der Waals surface area contributed by atoms with Crippen LogP contribution in [0.25, 0.3) is 11.4 Å². The molecule has 1 aromatic carbocycles. The Balaban J connectivity index is 2.07. The zero-order valence-electron chi connectivity index (χ0n) is 12.8. The Morgan fingerprint density at radius 1 is 1.17 bits per heavy atom. The van der Waals surface area contributed by atoms with Crippen LogP contribution in [0, 0.1) is 12.3 Å². The third-order valence-electron chi connectivity index (χ3n) is 3.31. The number of hydrogen-bond acceptors (Lipinski definition) is 6. The van der Waals surface area contributed by atoms with Crippen LogP contribution in [0.15, 0.2) is 41.1 Å². The largest absolute Gasteiger partial charge is 0.438 e. The van der Waals surface area contributed by atoms with Gasteiger partial charge in [0.2, 0.25) is 5.88 Å². The van der Waals surface area contributed by atoms with Gasteiger partial charge in [0.25, 0.3) is 0 Å². The van der Waals surface area contributed by atoms with E-state index in [1.54, 1.807) is 18.4 Å². The highest BCUT2D eigenvalue weighted by Gasteiger charge is 2.15. The van der Waals surface area contributed by atoms with Crippen molar-refractivity contribution in [3.63, 3.8) is 0 Å². The Labute approximate surface area is 138 Å². The fourth-order valence-electron chi connectivity index (χ4n) is 2.09. The second-order valence-corrected chi connectivity index (χ2v) is 5.72. The highest BCUT2D eigenvalue weighted by atomic mass is 32.1. The topological polar surface area (TPSA) is 70.9 Å². The number of rotatable bonds is 5. The summed E-state index contributed by atoms with van der Waals surface area (Å²) in [7, 11) is 1.77. The van der Waals surface area contributed by atoms with Crippen molar-refractivity contribution in [1.82, 2.24) is 9.97 Å². The van der Waals surface area contributed by atoms with E-state index >= 15 is 0 Å². The van der Waals surface area contributed by atoms with Crippen molar-refractivity contribution in [1.29, 1.82) is 5.41 Å². The third kappa shape index (κ3) is 3.22. The van der Waals surface area contributed by atoms with Crippen LogP contribution >= 0.6 is 11.3 Å². The minimum atomic E-state index is 0.365. The molecule has 0 aliphatic heterocycles. The molecule has 2 aromatic heterocycles. The zero-order chi connectivity index (χ0) is 16.2. The summed E-state index contributed by atoms with van der Waals surface area (Å²) < 4.78 is 5.90. The molecule has 0 saturated heterocycles. The molecule has 0 aliphatic carbocycles. The summed E-state index contributed by atoms with van der Waals surface area (Å²) >= 11 is 1.58. The summed E-state index contributed by atoms with van der Waals surface area (Å²) in [5, 5.41) is 14.6. The number of thiophene rings is 1. The van der Waals surface area contributed by atoms with E-state index in [1.807, 2.05) is 48.0 Å². The van der Waals surface area contributed by atoms with Crippen molar-refractivity contribution < 1.29 is 4.74 Å². The number of aromatic nitrogens is 2. The normalized spacial score (nSPS) is 10.3. The predicted molar refractivity (Wildman–Crippen MR) is 94.0 cm³/mol. The zero-order valence-corrected chi connectivity index (χ0v) is 13.6. The first kappa shape index (κ1) is 15.2. The van der Waals surface area contributed by atoms with Gasteiger partial charge in [-0.15, -0.1) is 0 Å². The number of benzene rings is 1. The van der Waals surface area contributed by atoms with Gasteiger partial charge in [-0.2, -0.15) is 16.3 Å². The van der Waals surface area contributed by atoms with Crippen LogP contribution in [-0.2, 0) is 0 Å². The van der Waals surface area contributed by atoms with Crippen LogP contribution in [-0.4, -0.2) is 23.2 Å². The molecular weight excluding hydrogens is 308 g/mol. The second kappa shape index (κ2) is 6.58. The van der Waals surface area contributed by atoms with Crippen molar-refractivity contribution in [3.05, 3.63) is 52.2 Å². The molecule has 23 heavy (non-hydrogen) atoms. The lowest BCUT2D eigenvalue weighted by Crippen LogP contribution is -2.05. The average Bonchev–Trinajstić information content (AvgIpc) is 3.10. The fraction of sp³-hybridized carbons (Fsp3) is 0.118. The lowest BCUT2D eigenvalue weighted by atomic mass is 10.2. The monoisotopic (exact) mass is 324 g/mol. The molecule has 0 fully saturated rings. The van der Waals surface area contributed by atoms with Gasteiger partial charge in [0.1, 0.15) is 11.6 Å². The minimum absolute atomic E-state index is 0.365. The smallest absolute Gasteiger partial charge is 0.233 e. The van der Waals surface area contributed by atoms with Crippen LogP contribution in [0.4, 0.5) is 5.82 Å². The summed E-state index contributed by atoms with van der Waals surface area (Å²) in [6.07, 6.45) is 1.20. The fourth-order valence-corrected chi connectivity index (χ4v) is 2.72. The molecule has 6 heteroatoms. The lowest BCUT2D eigenvalue weighted by molar-refractivity contribution is 0.462. The molecule has 0 saturated carbocycles. The molecule has 116 valence electrons. The Hall–Kier alpha value is -2.73. The van der Waals surface area contributed by atoms with Gasteiger partial charge in [0.15, 0.2) is 5.82 Å². The first-order valence-corrected chi connectivity index (χ1v) is 8.03. The van der Waals surface area contributed by atoms with E-state index in [-0.39, 0.29) is 0 Å². The maximum Gasteiger partial charge on any atom is 0.233 e. The number of ether oxygens (including phenoxy) is 1. The molecule has 0 unspecified atom stereocenters. The molecule has 5 nitrogen and oxygen atoms in total. The molecular formula is C17H16N4OS. The molecule has 0 spiro atoms. The summed E-state index contributed by atoms with van der Waals surface area (Å²) in [5.74, 6) is 2.18. The van der Waals surface area contributed by atoms with Crippen LogP contribution in [0.5, 0.6) is 11.6 Å². The van der Waals surface area contributed by atoms with Crippen LogP contribution in [0.2, 0.25) is 0 Å². The van der Waals surface area contributed by atoms with E-state index < -0.39 is 0 Å². The van der Waals surface area contributed by atoms with Gasteiger partial charge >= 0.3 is 0 Å². The predicted octanol–water partition coefficient (Wildman–Crippen LogP) is 4.35. The van der Waals surface area contributed by atoms with Gasteiger partial charge in [-0.25, -0.2) is 4.98 Å². The third-order valence-corrected chi connectivity index (χ3v) is 3.99. The Morgan fingerprint density at radius 3 is 2.57 bits per heavy atom. The van der Waals surface area contributed by atoms with E-state index in [2.05, 4.69) is 15.3 Å². The molecule has 0 atom stereocenters. The van der Waals surface area contributed by atoms with Crippen LogP contribution in [0.3, 0.4) is 0 Å². The molecule has 0 radical (unpaired) electrons. The minimum Gasteiger partial charge on any atom is -0.438 e. The Kier molecular flexibility index (Phi) is 4.34. The van der Waals surface area contributed by atoms with E-state index in [4.69, 9.17) is 10.1 Å². The summed E-state index contributed by atoms with van der Waals surface area (Å²) in [6.45, 7) is 2.02. The molecule has 2 heterocycles. The van der Waals surface area contributed by atoms with Crippen molar-refractivity contribution in [2.75, 3.05) is 12.4 Å².